The van der Waals surface area contributed by atoms with E-state index in [-0.39, 0.29) is 43.9 Å². The summed E-state index contributed by atoms with van der Waals surface area (Å²) in [5.74, 6) is -3.31. The SMILES string of the molecule is COc1c(Cl)cc(/C(O)=C2\C(=O)C(=O)N(c3cccc(Cl)c3)C2c2ccccc2F)c(OC)c1Cl. The Kier molecular flexibility index (Phi) is 6.94. The number of aliphatic hydroxyl groups is 1. The summed E-state index contributed by atoms with van der Waals surface area (Å²) in [6.45, 7) is 0. The van der Waals surface area contributed by atoms with E-state index in [1.807, 2.05) is 0 Å². The largest absolute Gasteiger partial charge is 0.507 e. The molecule has 1 heterocycles. The quantitative estimate of drug-likeness (QED) is 0.231. The minimum absolute atomic E-state index is 0.0158. The first-order valence-electron chi connectivity index (χ1n) is 10.1. The average molecular weight is 537 g/mol. The van der Waals surface area contributed by atoms with E-state index in [1.54, 1.807) is 24.3 Å². The van der Waals surface area contributed by atoms with Gasteiger partial charge in [-0.15, -0.1) is 0 Å². The van der Waals surface area contributed by atoms with Crippen LogP contribution in [0.1, 0.15) is 17.2 Å². The van der Waals surface area contributed by atoms with E-state index in [2.05, 4.69) is 0 Å². The van der Waals surface area contributed by atoms with Crippen LogP contribution < -0.4 is 14.4 Å². The van der Waals surface area contributed by atoms with Crippen LogP contribution in [0, 0.1) is 5.82 Å². The Bertz CT molecular complexity index is 1390. The number of amides is 1. The van der Waals surface area contributed by atoms with E-state index >= 15 is 4.39 Å². The molecular formula is C25H17Cl3FNO5. The van der Waals surface area contributed by atoms with Gasteiger partial charge in [0, 0.05) is 16.3 Å². The summed E-state index contributed by atoms with van der Waals surface area (Å²) >= 11 is 18.7. The minimum Gasteiger partial charge on any atom is -0.507 e. The smallest absolute Gasteiger partial charge is 0.300 e. The summed E-state index contributed by atoms with van der Waals surface area (Å²) in [5, 5.41) is 11.6. The summed E-state index contributed by atoms with van der Waals surface area (Å²) in [6.07, 6.45) is 0. The van der Waals surface area contributed by atoms with Crippen LogP contribution in [0.25, 0.3) is 5.76 Å². The Morgan fingerprint density at radius 2 is 1.66 bits per heavy atom. The van der Waals surface area contributed by atoms with Gasteiger partial charge in [0.1, 0.15) is 16.6 Å². The number of carbonyl (C=O) groups is 2. The summed E-state index contributed by atoms with van der Waals surface area (Å²) < 4.78 is 25.5. The van der Waals surface area contributed by atoms with Crippen LogP contribution in [0.2, 0.25) is 15.1 Å². The number of hydrogen-bond acceptors (Lipinski definition) is 5. The van der Waals surface area contributed by atoms with Gasteiger partial charge in [0.2, 0.25) is 0 Å². The van der Waals surface area contributed by atoms with Gasteiger partial charge in [-0.3, -0.25) is 14.5 Å². The lowest BCUT2D eigenvalue weighted by Crippen LogP contribution is -2.29. The number of benzene rings is 3. The molecule has 0 spiro atoms. The Morgan fingerprint density at radius 3 is 2.29 bits per heavy atom. The molecule has 180 valence electrons. The van der Waals surface area contributed by atoms with Crippen molar-refractivity contribution in [2.75, 3.05) is 19.1 Å². The summed E-state index contributed by atoms with van der Waals surface area (Å²) in [4.78, 5) is 27.6. The predicted octanol–water partition coefficient (Wildman–Crippen LogP) is 6.43. The fourth-order valence-corrected chi connectivity index (χ4v) is 4.88. The van der Waals surface area contributed by atoms with Crippen LogP contribution in [0.3, 0.4) is 0 Å². The third-order valence-electron chi connectivity index (χ3n) is 5.53. The zero-order valence-electron chi connectivity index (χ0n) is 18.3. The molecule has 1 amide bonds. The third kappa shape index (κ3) is 4.20. The fourth-order valence-electron chi connectivity index (χ4n) is 4.01. The standard InChI is InChI=1S/C25H17Cl3FNO5/c1-34-23-15(11-16(27)24(35-2)19(23)28)21(31)18-20(14-8-3-4-9-17(14)29)30(25(33)22(18)32)13-7-5-6-12(26)10-13/h3-11,20,31H,1-2H3/b21-18+. The number of methoxy groups -OCH3 is 2. The zero-order valence-corrected chi connectivity index (χ0v) is 20.6. The number of ketones is 1. The van der Waals surface area contributed by atoms with Crippen LogP contribution in [-0.4, -0.2) is 31.0 Å². The van der Waals surface area contributed by atoms with Gasteiger partial charge in [-0.2, -0.15) is 0 Å². The number of ether oxygens (including phenoxy) is 2. The highest BCUT2D eigenvalue weighted by molar-refractivity contribution is 6.52. The second-order valence-electron chi connectivity index (χ2n) is 7.46. The van der Waals surface area contributed by atoms with Crippen molar-refractivity contribution in [1.29, 1.82) is 0 Å². The highest BCUT2D eigenvalue weighted by Gasteiger charge is 2.48. The van der Waals surface area contributed by atoms with Gasteiger partial charge in [-0.25, -0.2) is 4.39 Å². The third-order valence-corrected chi connectivity index (χ3v) is 6.38. The van der Waals surface area contributed by atoms with E-state index in [0.717, 1.165) is 4.90 Å². The molecule has 35 heavy (non-hydrogen) atoms. The maximum Gasteiger partial charge on any atom is 0.300 e. The Hall–Kier alpha value is -3.26. The van der Waals surface area contributed by atoms with Gasteiger partial charge in [-0.05, 0) is 30.3 Å². The van der Waals surface area contributed by atoms with Crippen LogP contribution in [0.4, 0.5) is 10.1 Å². The number of nitrogens with zero attached hydrogens (tertiary/aromatic N) is 1. The molecule has 1 unspecified atom stereocenters. The number of rotatable bonds is 5. The molecule has 4 rings (SSSR count). The van der Waals surface area contributed by atoms with Gasteiger partial charge in [0.25, 0.3) is 11.7 Å². The van der Waals surface area contributed by atoms with Gasteiger partial charge < -0.3 is 14.6 Å². The van der Waals surface area contributed by atoms with Crippen LogP contribution >= 0.6 is 34.8 Å². The molecule has 0 radical (unpaired) electrons. The molecule has 6 nitrogen and oxygen atoms in total. The summed E-state index contributed by atoms with van der Waals surface area (Å²) in [7, 11) is 2.64. The lowest BCUT2D eigenvalue weighted by Gasteiger charge is -2.26. The van der Waals surface area contributed by atoms with Gasteiger partial charge >= 0.3 is 0 Å². The highest BCUT2D eigenvalue weighted by Crippen LogP contribution is 2.48. The van der Waals surface area contributed by atoms with E-state index in [0.29, 0.717) is 5.02 Å². The molecule has 1 saturated heterocycles. The highest BCUT2D eigenvalue weighted by atomic mass is 35.5. The van der Waals surface area contributed by atoms with Crippen LogP contribution in [-0.2, 0) is 9.59 Å². The molecule has 1 aliphatic rings. The van der Waals surface area contributed by atoms with Crippen molar-refractivity contribution < 1.29 is 28.6 Å². The topological polar surface area (TPSA) is 76.1 Å². The van der Waals surface area contributed by atoms with Gasteiger partial charge in [0.15, 0.2) is 11.5 Å². The first-order chi connectivity index (χ1) is 16.7. The monoisotopic (exact) mass is 535 g/mol. The average Bonchev–Trinajstić information content (AvgIpc) is 3.09. The van der Waals surface area contributed by atoms with Crippen molar-refractivity contribution in [2.45, 2.75) is 6.04 Å². The number of anilines is 1. The molecule has 1 N–H and O–H groups in total. The van der Waals surface area contributed by atoms with Crippen LogP contribution in [0.15, 0.2) is 60.2 Å². The predicted molar refractivity (Wildman–Crippen MR) is 132 cm³/mol. The van der Waals surface area contributed by atoms with Crippen molar-refractivity contribution in [3.63, 3.8) is 0 Å². The second kappa shape index (κ2) is 9.77. The van der Waals surface area contributed by atoms with Crippen molar-refractivity contribution in [3.8, 4) is 11.5 Å². The van der Waals surface area contributed by atoms with Crippen molar-refractivity contribution in [1.82, 2.24) is 0 Å². The molecule has 3 aromatic rings. The van der Waals surface area contributed by atoms with Gasteiger partial charge in [-0.1, -0.05) is 59.1 Å². The number of halogens is 4. The number of carbonyl (C=O) groups excluding carboxylic acids is 2. The fraction of sp³-hybridized carbons (Fsp3) is 0.120. The molecule has 0 aliphatic carbocycles. The van der Waals surface area contributed by atoms with Gasteiger partial charge in [0.05, 0.1) is 36.4 Å². The molecule has 3 aromatic carbocycles. The molecule has 1 atom stereocenters. The summed E-state index contributed by atoms with van der Waals surface area (Å²) in [5.41, 5.74) is -0.230. The van der Waals surface area contributed by atoms with E-state index < -0.39 is 29.3 Å². The Labute approximate surface area is 215 Å². The normalized spacial score (nSPS) is 17.1. The number of hydrogen-bond donors (Lipinski definition) is 1. The lowest BCUT2D eigenvalue weighted by molar-refractivity contribution is -0.132. The number of aliphatic hydroxyl groups excluding tert-OH is 1. The first kappa shape index (κ1) is 24.9. The second-order valence-corrected chi connectivity index (χ2v) is 8.68. The minimum atomic E-state index is -1.32. The molecule has 1 fully saturated rings. The molecule has 0 saturated carbocycles. The number of Topliss-reactive ketones (excluding diaryl/α,β-unsaturated/α-hetero) is 1. The first-order valence-corrected chi connectivity index (χ1v) is 11.3. The molecular weight excluding hydrogens is 520 g/mol. The maximum atomic E-state index is 15.0. The Morgan fingerprint density at radius 1 is 0.971 bits per heavy atom. The van der Waals surface area contributed by atoms with E-state index in [1.165, 1.54) is 44.6 Å². The van der Waals surface area contributed by atoms with Crippen molar-refractivity contribution >= 4 is 57.9 Å². The Balaban J connectivity index is 2.05. The van der Waals surface area contributed by atoms with Crippen molar-refractivity contribution in [2.24, 2.45) is 0 Å². The molecule has 10 heteroatoms. The van der Waals surface area contributed by atoms with Crippen LogP contribution in [0.5, 0.6) is 11.5 Å². The lowest BCUT2D eigenvalue weighted by atomic mass is 9.94. The summed E-state index contributed by atoms with van der Waals surface area (Å²) in [6, 6.07) is 11.8. The van der Waals surface area contributed by atoms with Crippen molar-refractivity contribution in [3.05, 3.63) is 92.2 Å². The molecule has 0 bridgehead atoms. The zero-order chi connectivity index (χ0) is 25.4. The molecule has 1 aliphatic heterocycles. The molecule has 0 aromatic heterocycles. The van der Waals surface area contributed by atoms with E-state index in [9.17, 15) is 14.7 Å². The van der Waals surface area contributed by atoms with E-state index in [4.69, 9.17) is 44.3 Å². The maximum absolute atomic E-state index is 15.0.